The minimum absolute atomic E-state index is 0.926. The summed E-state index contributed by atoms with van der Waals surface area (Å²) in [4.78, 5) is 0. The molecule has 0 aliphatic heterocycles. The Morgan fingerprint density at radius 1 is 0.277 bits per heavy atom. The van der Waals surface area contributed by atoms with Crippen molar-refractivity contribution < 1.29 is 4.42 Å². The van der Waals surface area contributed by atoms with Crippen molar-refractivity contribution >= 4 is 65.0 Å². The van der Waals surface area contributed by atoms with E-state index in [0.717, 1.165) is 21.9 Å². The van der Waals surface area contributed by atoms with Gasteiger partial charge in [0.2, 0.25) is 0 Å². The molecule has 1 nitrogen and oxygen atoms in total. The highest BCUT2D eigenvalue weighted by Crippen LogP contribution is 2.46. The number of rotatable bonds is 3. The Morgan fingerprint density at radius 2 is 0.872 bits per heavy atom. The van der Waals surface area contributed by atoms with Crippen LogP contribution in [0.25, 0.3) is 98.4 Å². The van der Waals surface area contributed by atoms with Crippen LogP contribution in [0.1, 0.15) is 0 Å². The smallest absolute Gasteiger partial charge is 0.136 e. The molecule has 0 aliphatic carbocycles. The van der Waals surface area contributed by atoms with Crippen LogP contribution in [0, 0.1) is 0 Å². The lowest BCUT2D eigenvalue weighted by molar-refractivity contribution is 0.669. The molecule has 0 unspecified atom stereocenters. The molecule has 1 heteroatoms. The van der Waals surface area contributed by atoms with Gasteiger partial charge in [-0.25, -0.2) is 0 Å². The average molecular weight is 597 g/mol. The molecule has 0 radical (unpaired) electrons. The summed E-state index contributed by atoms with van der Waals surface area (Å²) in [7, 11) is 0. The Kier molecular flexibility index (Phi) is 5.64. The lowest BCUT2D eigenvalue weighted by Gasteiger charge is -2.19. The zero-order chi connectivity index (χ0) is 30.9. The van der Waals surface area contributed by atoms with E-state index in [1.165, 1.54) is 76.5 Å². The summed E-state index contributed by atoms with van der Waals surface area (Å²) >= 11 is 0. The Morgan fingerprint density at radius 3 is 1.62 bits per heavy atom. The Balaban J connectivity index is 1.26. The molecule has 0 amide bonds. The number of benzene rings is 9. The van der Waals surface area contributed by atoms with Crippen molar-refractivity contribution in [2.45, 2.75) is 0 Å². The SMILES string of the molecule is c1ccc(-c2c3ccccc3c(-c3cc(-c4ccc5cc6oc7ccccc7c6cc5c4)cc4ccccc34)c3ccccc23)cc1. The van der Waals surface area contributed by atoms with Gasteiger partial charge in [-0.1, -0.05) is 133 Å². The lowest BCUT2D eigenvalue weighted by Crippen LogP contribution is -1.92. The van der Waals surface area contributed by atoms with Gasteiger partial charge in [0.1, 0.15) is 11.2 Å². The van der Waals surface area contributed by atoms with Crippen molar-refractivity contribution in [2.24, 2.45) is 0 Å². The second-order valence-electron chi connectivity index (χ2n) is 12.5. The standard InChI is InChI=1S/C46H28O/c1-2-12-29(13-3-1)45-37-17-6-8-19-39(37)46(40-20-9-7-18-38(40)45)42-27-34(25-32-14-4-5-15-35(32)42)30-22-23-31-28-44-41(26-33(31)24-30)36-16-10-11-21-43(36)47-44/h1-28H. The molecule has 0 saturated carbocycles. The molecule has 0 N–H and O–H groups in total. The summed E-state index contributed by atoms with van der Waals surface area (Å²) in [6.07, 6.45) is 0. The maximum absolute atomic E-state index is 6.20. The predicted molar refractivity (Wildman–Crippen MR) is 200 cm³/mol. The fourth-order valence-electron chi connectivity index (χ4n) is 7.67. The van der Waals surface area contributed by atoms with Crippen molar-refractivity contribution in [1.29, 1.82) is 0 Å². The molecule has 0 atom stereocenters. The molecule has 0 saturated heterocycles. The normalized spacial score (nSPS) is 11.8. The molecule has 10 rings (SSSR count). The molecule has 0 fully saturated rings. The Labute approximate surface area is 271 Å². The minimum Gasteiger partial charge on any atom is -0.456 e. The van der Waals surface area contributed by atoms with Crippen LogP contribution in [0.4, 0.5) is 0 Å². The quantitative estimate of drug-likeness (QED) is 0.185. The molecule has 218 valence electrons. The van der Waals surface area contributed by atoms with E-state index in [1.54, 1.807) is 0 Å². The van der Waals surface area contributed by atoms with E-state index in [0.29, 0.717) is 0 Å². The van der Waals surface area contributed by atoms with Crippen LogP contribution in [0.3, 0.4) is 0 Å². The number of hydrogen-bond donors (Lipinski definition) is 0. The van der Waals surface area contributed by atoms with Gasteiger partial charge in [0.15, 0.2) is 0 Å². The maximum Gasteiger partial charge on any atom is 0.136 e. The fourth-order valence-corrected chi connectivity index (χ4v) is 7.67. The van der Waals surface area contributed by atoms with E-state index in [1.807, 2.05) is 12.1 Å². The van der Waals surface area contributed by atoms with Gasteiger partial charge in [0.25, 0.3) is 0 Å². The number of fused-ring (bicyclic) bond motifs is 7. The molecule has 0 aliphatic rings. The predicted octanol–water partition coefficient (Wildman–Crippen LogP) is 13.2. The highest BCUT2D eigenvalue weighted by molar-refractivity contribution is 6.24. The van der Waals surface area contributed by atoms with Crippen LogP contribution >= 0.6 is 0 Å². The zero-order valence-corrected chi connectivity index (χ0v) is 25.6. The van der Waals surface area contributed by atoms with Crippen LogP contribution in [0.2, 0.25) is 0 Å². The van der Waals surface area contributed by atoms with Gasteiger partial charge in [0, 0.05) is 10.8 Å². The van der Waals surface area contributed by atoms with Crippen LogP contribution in [0.5, 0.6) is 0 Å². The third kappa shape index (κ3) is 4.03. The molecule has 1 heterocycles. The second kappa shape index (κ2) is 10.2. The Bertz CT molecular complexity index is 2780. The summed E-state index contributed by atoms with van der Waals surface area (Å²) in [6, 6.07) is 61.7. The van der Waals surface area contributed by atoms with Crippen molar-refractivity contribution in [2.75, 3.05) is 0 Å². The number of hydrogen-bond acceptors (Lipinski definition) is 1. The fraction of sp³-hybridized carbons (Fsp3) is 0. The highest BCUT2D eigenvalue weighted by atomic mass is 16.3. The topological polar surface area (TPSA) is 13.1 Å². The van der Waals surface area contributed by atoms with Gasteiger partial charge in [-0.15, -0.1) is 0 Å². The van der Waals surface area contributed by atoms with Crippen LogP contribution in [-0.2, 0) is 0 Å². The van der Waals surface area contributed by atoms with Crippen LogP contribution < -0.4 is 0 Å². The van der Waals surface area contributed by atoms with E-state index < -0.39 is 0 Å². The van der Waals surface area contributed by atoms with E-state index in [-0.39, 0.29) is 0 Å². The first-order valence-corrected chi connectivity index (χ1v) is 16.2. The minimum atomic E-state index is 0.926. The molecule has 9 aromatic carbocycles. The largest absolute Gasteiger partial charge is 0.456 e. The first-order chi connectivity index (χ1) is 23.3. The molecule has 0 spiro atoms. The van der Waals surface area contributed by atoms with Gasteiger partial charge in [-0.05, 0) is 113 Å². The molecular formula is C46H28O. The summed E-state index contributed by atoms with van der Waals surface area (Å²) in [5.74, 6) is 0. The average Bonchev–Trinajstić information content (AvgIpc) is 3.50. The van der Waals surface area contributed by atoms with Gasteiger partial charge in [0.05, 0.1) is 0 Å². The molecular weight excluding hydrogens is 569 g/mol. The summed E-state index contributed by atoms with van der Waals surface area (Å²) in [6.45, 7) is 0. The van der Waals surface area contributed by atoms with Crippen LogP contribution in [-0.4, -0.2) is 0 Å². The highest BCUT2D eigenvalue weighted by Gasteiger charge is 2.19. The van der Waals surface area contributed by atoms with Crippen molar-refractivity contribution in [3.05, 3.63) is 170 Å². The lowest BCUT2D eigenvalue weighted by atomic mass is 9.83. The van der Waals surface area contributed by atoms with Crippen molar-refractivity contribution in [3.8, 4) is 33.4 Å². The molecule has 10 aromatic rings. The van der Waals surface area contributed by atoms with Crippen molar-refractivity contribution in [3.63, 3.8) is 0 Å². The van der Waals surface area contributed by atoms with Crippen LogP contribution in [0.15, 0.2) is 174 Å². The maximum atomic E-state index is 6.20. The third-order valence-electron chi connectivity index (χ3n) is 9.79. The van der Waals surface area contributed by atoms with Gasteiger partial charge < -0.3 is 4.42 Å². The van der Waals surface area contributed by atoms with Gasteiger partial charge in [-0.3, -0.25) is 0 Å². The van der Waals surface area contributed by atoms with Gasteiger partial charge >= 0.3 is 0 Å². The van der Waals surface area contributed by atoms with E-state index in [4.69, 9.17) is 4.42 Å². The first-order valence-electron chi connectivity index (χ1n) is 16.2. The van der Waals surface area contributed by atoms with E-state index in [2.05, 4.69) is 158 Å². The van der Waals surface area contributed by atoms with E-state index in [9.17, 15) is 0 Å². The number of furan rings is 1. The summed E-state index contributed by atoms with van der Waals surface area (Å²) < 4.78 is 6.20. The van der Waals surface area contributed by atoms with Crippen molar-refractivity contribution in [1.82, 2.24) is 0 Å². The van der Waals surface area contributed by atoms with E-state index >= 15 is 0 Å². The molecule has 0 bridgehead atoms. The zero-order valence-electron chi connectivity index (χ0n) is 25.6. The molecule has 47 heavy (non-hydrogen) atoms. The summed E-state index contributed by atoms with van der Waals surface area (Å²) in [5.41, 5.74) is 9.31. The third-order valence-corrected chi connectivity index (χ3v) is 9.79. The number of para-hydroxylation sites is 1. The Hall–Kier alpha value is -6.18. The van der Waals surface area contributed by atoms with Gasteiger partial charge in [-0.2, -0.15) is 0 Å². The monoisotopic (exact) mass is 596 g/mol. The second-order valence-corrected chi connectivity index (χ2v) is 12.5. The first kappa shape index (κ1) is 26.1. The summed E-state index contributed by atoms with van der Waals surface area (Å²) in [5, 5.41) is 12.2. The molecule has 1 aromatic heterocycles.